The number of amides is 1. The number of aliphatic carboxylic acids is 1. The molecule has 2 heterocycles. The molecule has 8 nitrogen and oxygen atoms in total. The largest absolute Gasteiger partial charge is 0.480 e. The molecular weight excluding hydrogens is 511 g/mol. The van der Waals surface area contributed by atoms with Crippen molar-refractivity contribution in [2.75, 3.05) is 45.2 Å². The number of methoxy groups -OCH3 is 1. The lowest BCUT2D eigenvalue weighted by atomic mass is 9.84. The fourth-order valence-corrected chi connectivity index (χ4v) is 5.07. The van der Waals surface area contributed by atoms with Crippen molar-refractivity contribution in [3.8, 4) is 0 Å². The highest BCUT2D eigenvalue weighted by molar-refractivity contribution is 5.87. The Kier molecular flexibility index (Phi) is 12.3. The maximum absolute atomic E-state index is 14.5. The number of hydrogen-bond acceptors (Lipinski definition) is 6. The fourth-order valence-electron chi connectivity index (χ4n) is 5.07. The second kappa shape index (κ2) is 15.7. The zero-order valence-corrected chi connectivity index (χ0v) is 24.1. The van der Waals surface area contributed by atoms with E-state index in [1.54, 1.807) is 0 Å². The molecule has 3 rings (SSSR count). The minimum atomic E-state index is -1.18. The topological polar surface area (TPSA) is 104 Å². The van der Waals surface area contributed by atoms with Crippen LogP contribution in [-0.4, -0.2) is 79.0 Å². The Bertz CT molecular complexity index is 1080. The maximum Gasteiger partial charge on any atom is 0.326 e. The molecule has 0 aliphatic carbocycles. The minimum absolute atomic E-state index is 0.0185. The van der Waals surface area contributed by atoms with Crippen LogP contribution in [0.15, 0.2) is 42.5 Å². The second-order valence-corrected chi connectivity index (χ2v) is 11.4. The number of pyridine rings is 1. The van der Waals surface area contributed by atoms with Crippen molar-refractivity contribution in [3.63, 3.8) is 0 Å². The van der Waals surface area contributed by atoms with Crippen molar-refractivity contribution < 1.29 is 23.8 Å². The molecule has 2 atom stereocenters. The van der Waals surface area contributed by atoms with Gasteiger partial charge in [-0.05, 0) is 68.7 Å². The molecule has 3 N–H and O–H groups in total. The first-order valence-electron chi connectivity index (χ1n) is 14.3. The summed E-state index contributed by atoms with van der Waals surface area (Å²) in [5, 5.41) is 15.9. The molecule has 0 saturated heterocycles. The summed E-state index contributed by atoms with van der Waals surface area (Å²) in [6.07, 6.45) is 4.20. The number of carbonyl (C=O) groups excluding carboxylic acids is 1. The van der Waals surface area contributed by atoms with E-state index in [1.165, 1.54) is 12.7 Å². The van der Waals surface area contributed by atoms with Gasteiger partial charge in [-0.15, -0.1) is 0 Å². The number of hydrogen-bond donors (Lipinski definition) is 3. The van der Waals surface area contributed by atoms with Crippen LogP contribution in [0.25, 0.3) is 0 Å². The van der Waals surface area contributed by atoms with Gasteiger partial charge in [-0.25, -0.2) is 14.2 Å². The third-order valence-corrected chi connectivity index (χ3v) is 7.35. The van der Waals surface area contributed by atoms with Gasteiger partial charge in [0.1, 0.15) is 18.0 Å². The zero-order valence-electron chi connectivity index (χ0n) is 24.1. The first-order chi connectivity index (χ1) is 19.2. The Morgan fingerprint density at radius 1 is 1.18 bits per heavy atom. The third-order valence-electron chi connectivity index (χ3n) is 7.35. The Morgan fingerprint density at radius 2 is 1.95 bits per heavy atom. The van der Waals surface area contributed by atoms with Crippen LogP contribution in [0.3, 0.4) is 0 Å². The number of aromatic nitrogens is 1. The molecule has 0 radical (unpaired) electrons. The quantitative estimate of drug-likeness (QED) is 0.250. The fraction of sp³-hybridized carbons (Fsp3) is 0.581. The number of carboxylic acid groups (broad SMARTS) is 1. The number of halogens is 1. The van der Waals surface area contributed by atoms with E-state index >= 15 is 0 Å². The zero-order chi connectivity index (χ0) is 29.0. The minimum Gasteiger partial charge on any atom is -0.480 e. The molecule has 2 aromatic rings. The van der Waals surface area contributed by atoms with Gasteiger partial charge < -0.3 is 25.4 Å². The molecular formula is C31H45FN4O4. The molecule has 0 fully saturated rings. The molecule has 9 heteroatoms. The van der Waals surface area contributed by atoms with E-state index in [-0.39, 0.29) is 25.5 Å². The van der Waals surface area contributed by atoms with Crippen LogP contribution in [0.5, 0.6) is 0 Å². The number of fused-ring (bicyclic) bond motifs is 1. The normalized spacial score (nSPS) is 14.7. The van der Waals surface area contributed by atoms with Crippen LogP contribution in [0.2, 0.25) is 0 Å². The SMILES string of the molecule is COCC(F)CN(CCCCc1ccc2c(n1)NCCC2)CCC(NC(=O)C(C)(C)Cc1ccccc1)C(=O)O. The van der Waals surface area contributed by atoms with Gasteiger partial charge in [-0.1, -0.05) is 50.2 Å². The standard InChI is InChI=1S/C31H45FN4O4/c1-31(2,20-23-10-5-4-6-11-23)30(39)35-27(29(37)38)16-19-36(21-25(32)22-40-3)18-8-7-13-26-15-14-24-12-9-17-33-28(24)34-26/h4-6,10-11,14-15,25,27H,7-9,12-13,16-22H2,1-3H3,(H,33,34)(H,35,39)(H,37,38). The Labute approximate surface area is 237 Å². The average Bonchev–Trinajstić information content (AvgIpc) is 2.93. The molecule has 0 spiro atoms. The Hall–Kier alpha value is -3.04. The number of nitrogens with one attached hydrogen (secondary N) is 2. The van der Waals surface area contributed by atoms with Crippen LogP contribution in [-0.2, 0) is 33.6 Å². The van der Waals surface area contributed by atoms with Gasteiger partial charge in [0.05, 0.1) is 6.61 Å². The highest BCUT2D eigenvalue weighted by atomic mass is 19.1. The van der Waals surface area contributed by atoms with Crippen molar-refractivity contribution in [3.05, 3.63) is 59.3 Å². The van der Waals surface area contributed by atoms with E-state index in [0.29, 0.717) is 19.5 Å². The number of nitrogens with zero attached hydrogens (tertiary/aromatic N) is 2. The molecule has 40 heavy (non-hydrogen) atoms. The van der Waals surface area contributed by atoms with E-state index in [2.05, 4.69) is 22.8 Å². The first-order valence-corrected chi connectivity index (χ1v) is 14.3. The summed E-state index contributed by atoms with van der Waals surface area (Å²) >= 11 is 0. The Morgan fingerprint density at radius 3 is 2.67 bits per heavy atom. The lowest BCUT2D eigenvalue weighted by Crippen LogP contribution is -2.48. The summed E-state index contributed by atoms with van der Waals surface area (Å²) < 4.78 is 19.4. The van der Waals surface area contributed by atoms with Crippen LogP contribution in [0.4, 0.5) is 10.2 Å². The molecule has 1 aliphatic heterocycles. The summed E-state index contributed by atoms with van der Waals surface area (Å²) in [7, 11) is 1.46. The van der Waals surface area contributed by atoms with Gasteiger partial charge in [-0.3, -0.25) is 4.79 Å². The predicted molar refractivity (Wildman–Crippen MR) is 155 cm³/mol. The summed E-state index contributed by atoms with van der Waals surface area (Å²) in [6.45, 7) is 5.67. The van der Waals surface area contributed by atoms with Gasteiger partial charge in [0.15, 0.2) is 0 Å². The number of rotatable bonds is 17. The van der Waals surface area contributed by atoms with Crippen LogP contribution in [0, 0.1) is 5.41 Å². The van der Waals surface area contributed by atoms with E-state index in [9.17, 15) is 19.1 Å². The maximum atomic E-state index is 14.5. The van der Waals surface area contributed by atoms with Crippen molar-refractivity contribution in [1.29, 1.82) is 0 Å². The van der Waals surface area contributed by atoms with Gasteiger partial charge in [0.2, 0.25) is 5.91 Å². The lowest BCUT2D eigenvalue weighted by molar-refractivity contribution is -0.143. The lowest BCUT2D eigenvalue weighted by Gasteiger charge is -2.28. The van der Waals surface area contributed by atoms with Crippen LogP contribution < -0.4 is 10.6 Å². The number of benzene rings is 1. The molecule has 1 aromatic heterocycles. The highest BCUT2D eigenvalue weighted by Gasteiger charge is 2.32. The van der Waals surface area contributed by atoms with Crippen molar-refractivity contribution in [2.24, 2.45) is 5.41 Å². The second-order valence-electron chi connectivity index (χ2n) is 11.4. The number of unbranched alkanes of at least 4 members (excludes halogenated alkanes) is 1. The molecule has 0 bridgehead atoms. The number of alkyl halides is 1. The summed E-state index contributed by atoms with van der Waals surface area (Å²) in [4.78, 5) is 31.8. The number of ether oxygens (including phenoxy) is 1. The number of carboxylic acids is 1. The molecule has 2 unspecified atom stereocenters. The molecule has 0 saturated carbocycles. The third kappa shape index (κ3) is 10.2. The summed E-state index contributed by atoms with van der Waals surface area (Å²) in [5.41, 5.74) is 2.53. The molecule has 220 valence electrons. The Balaban J connectivity index is 1.53. The number of anilines is 1. The van der Waals surface area contributed by atoms with E-state index in [1.807, 2.05) is 49.1 Å². The predicted octanol–water partition coefficient (Wildman–Crippen LogP) is 4.28. The van der Waals surface area contributed by atoms with Crippen LogP contribution >= 0.6 is 0 Å². The molecule has 1 amide bonds. The van der Waals surface area contributed by atoms with Crippen molar-refractivity contribution >= 4 is 17.7 Å². The smallest absolute Gasteiger partial charge is 0.326 e. The summed E-state index contributed by atoms with van der Waals surface area (Å²) in [6, 6.07) is 12.8. The van der Waals surface area contributed by atoms with Gasteiger partial charge in [-0.2, -0.15) is 0 Å². The van der Waals surface area contributed by atoms with Gasteiger partial charge in [0.25, 0.3) is 0 Å². The van der Waals surface area contributed by atoms with Crippen molar-refractivity contribution in [2.45, 2.75) is 71.0 Å². The molecule has 1 aromatic carbocycles. The van der Waals surface area contributed by atoms with E-state index < -0.39 is 23.6 Å². The number of carbonyl (C=O) groups is 2. The van der Waals surface area contributed by atoms with Crippen molar-refractivity contribution in [1.82, 2.24) is 15.2 Å². The van der Waals surface area contributed by atoms with E-state index in [4.69, 9.17) is 9.72 Å². The average molecular weight is 557 g/mol. The first kappa shape index (κ1) is 31.5. The van der Waals surface area contributed by atoms with Gasteiger partial charge >= 0.3 is 5.97 Å². The van der Waals surface area contributed by atoms with Crippen LogP contribution in [0.1, 0.15) is 56.4 Å². The van der Waals surface area contributed by atoms with E-state index in [0.717, 1.165) is 55.7 Å². The monoisotopic (exact) mass is 556 g/mol. The summed E-state index contributed by atoms with van der Waals surface area (Å²) in [5.74, 6) is -0.423. The van der Waals surface area contributed by atoms with Gasteiger partial charge in [0, 0.05) is 37.9 Å². The number of aryl methyl sites for hydroxylation is 2. The highest BCUT2D eigenvalue weighted by Crippen LogP contribution is 2.23. The molecule has 1 aliphatic rings.